The number of carbonyl (C=O) groups excluding carboxylic acids is 1. The number of anilines is 1. The van der Waals surface area contributed by atoms with Crippen molar-refractivity contribution in [3.8, 4) is 0 Å². The summed E-state index contributed by atoms with van der Waals surface area (Å²) in [7, 11) is 0. The van der Waals surface area contributed by atoms with E-state index in [1.54, 1.807) is 22.6 Å². The van der Waals surface area contributed by atoms with Gasteiger partial charge in [0.1, 0.15) is 0 Å². The molecule has 0 unspecified atom stereocenters. The lowest BCUT2D eigenvalue weighted by molar-refractivity contribution is -0.137. The third-order valence-corrected chi connectivity index (χ3v) is 2.07. The Labute approximate surface area is 91.6 Å². The van der Waals surface area contributed by atoms with Gasteiger partial charge in [0.15, 0.2) is 0 Å². The number of rotatable bonds is 2. The van der Waals surface area contributed by atoms with Gasteiger partial charge in [0, 0.05) is 9.26 Å². The van der Waals surface area contributed by atoms with E-state index in [9.17, 15) is 18.0 Å². The monoisotopic (exact) mass is 315 g/mol. The maximum Gasteiger partial charge on any atom is 0.416 e. The van der Waals surface area contributed by atoms with Gasteiger partial charge < -0.3 is 5.32 Å². The Bertz CT molecular complexity index is 351. The van der Waals surface area contributed by atoms with Crippen molar-refractivity contribution in [2.45, 2.75) is 6.18 Å². The summed E-state index contributed by atoms with van der Waals surface area (Å²) < 4.78 is 37.2. The summed E-state index contributed by atoms with van der Waals surface area (Å²) in [5.74, 6) is 0. The minimum absolute atomic E-state index is 0.138. The van der Waals surface area contributed by atoms with E-state index >= 15 is 0 Å². The van der Waals surface area contributed by atoms with Crippen LogP contribution in [0, 0.1) is 3.57 Å². The fourth-order valence-electron chi connectivity index (χ4n) is 0.905. The molecule has 0 atom stereocenters. The van der Waals surface area contributed by atoms with E-state index in [0.29, 0.717) is 9.98 Å². The van der Waals surface area contributed by atoms with Gasteiger partial charge in [-0.25, -0.2) is 0 Å². The second-order valence-electron chi connectivity index (χ2n) is 2.49. The molecular formula is C8H5F3INO. The smallest absolute Gasteiger partial charge is 0.329 e. The van der Waals surface area contributed by atoms with E-state index in [4.69, 9.17) is 0 Å². The standard InChI is InChI=1S/C8H5F3INO/c9-8(10,11)5-1-6(12)3-7(2-5)13-4-14/h1-4H,(H,13,14). The van der Waals surface area contributed by atoms with Gasteiger partial charge in [-0.1, -0.05) is 0 Å². The molecule has 0 spiro atoms. The van der Waals surface area contributed by atoms with E-state index in [-0.39, 0.29) is 5.69 Å². The van der Waals surface area contributed by atoms with Gasteiger partial charge in [-0.2, -0.15) is 13.2 Å². The quantitative estimate of drug-likeness (QED) is 0.660. The zero-order valence-electron chi connectivity index (χ0n) is 6.73. The van der Waals surface area contributed by atoms with E-state index < -0.39 is 11.7 Å². The SMILES string of the molecule is O=CNc1cc(I)cc(C(F)(F)F)c1. The van der Waals surface area contributed by atoms with Crippen molar-refractivity contribution in [1.82, 2.24) is 0 Å². The Kier molecular flexibility index (Phi) is 3.35. The first-order valence-electron chi connectivity index (χ1n) is 3.51. The molecule has 1 rings (SSSR count). The zero-order chi connectivity index (χ0) is 10.8. The van der Waals surface area contributed by atoms with Crippen LogP contribution in [0.1, 0.15) is 5.56 Å². The van der Waals surface area contributed by atoms with Gasteiger partial charge in [0.2, 0.25) is 6.41 Å². The lowest BCUT2D eigenvalue weighted by atomic mass is 10.2. The molecule has 0 saturated carbocycles. The molecule has 0 aromatic heterocycles. The summed E-state index contributed by atoms with van der Waals surface area (Å²) in [6.07, 6.45) is -4.05. The van der Waals surface area contributed by atoms with Gasteiger partial charge in [-0.05, 0) is 40.8 Å². The zero-order valence-corrected chi connectivity index (χ0v) is 8.89. The molecule has 1 aromatic rings. The Hall–Kier alpha value is -0.790. The van der Waals surface area contributed by atoms with Gasteiger partial charge >= 0.3 is 6.18 Å². The van der Waals surface area contributed by atoms with Crippen molar-refractivity contribution < 1.29 is 18.0 Å². The largest absolute Gasteiger partial charge is 0.416 e. The predicted octanol–water partition coefficient (Wildman–Crippen LogP) is 2.88. The summed E-state index contributed by atoms with van der Waals surface area (Å²) in [6.45, 7) is 0. The van der Waals surface area contributed by atoms with Crippen LogP contribution in [0.3, 0.4) is 0 Å². The van der Waals surface area contributed by atoms with Crippen LogP contribution in [0.2, 0.25) is 0 Å². The molecule has 0 saturated heterocycles. The molecule has 14 heavy (non-hydrogen) atoms. The molecule has 76 valence electrons. The second kappa shape index (κ2) is 4.16. The third-order valence-electron chi connectivity index (χ3n) is 1.45. The Balaban J connectivity index is 3.13. The topological polar surface area (TPSA) is 29.1 Å². The Morgan fingerprint density at radius 3 is 2.43 bits per heavy atom. The van der Waals surface area contributed by atoms with Crippen LogP contribution in [0.4, 0.5) is 18.9 Å². The number of benzene rings is 1. The number of hydrogen-bond donors (Lipinski definition) is 1. The van der Waals surface area contributed by atoms with Crippen LogP contribution >= 0.6 is 22.6 Å². The van der Waals surface area contributed by atoms with Gasteiger partial charge in [-0.3, -0.25) is 4.79 Å². The van der Waals surface area contributed by atoms with Crippen molar-refractivity contribution in [3.63, 3.8) is 0 Å². The molecule has 0 radical (unpaired) electrons. The summed E-state index contributed by atoms with van der Waals surface area (Å²) in [4.78, 5) is 10.1. The van der Waals surface area contributed by atoms with E-state index in [2.05, 4.69) is 5.32 Å². The van der Waals surface area contributed by atoms with E-state index in [1.807, 2.05) is 0 Å². The van der Waals surface area contributed by atoms with Crippen molar-refractivity contribution >= 4 is 34.7 Å². The molecule has 0 aliphatic carbocycles. The van der Waals surface area contributed by atoms with Gasteiger partial charge in [-0.15, -0.1) is 0 Å². The molecule has 0 aliphatic rings. The summed E-state index contributed by atoms with van der Waals surface area (Å²) in [5.41, 5.74) is -0.632. The minimum atomic E-state index is -4.39. The van der Waals surface area contributed by atoms with Crippen molar-refractivity contribution in [1.29, 1.82) is 0 Å². The first kappa shape index (κ1) is 11.3. The highest BCUT2D eigenvalue weighted by atomic mass is 127. The van der Waals surface area contributed by atoms with Gasteiger partial charge in [0.05, 0.1) is 5.56 Å². The van der Waals surface area contributed by atoms with Crippen LogP contribution in [-0.2, 0) is 11.0 Å². The number of hydrogen-bond acceptors (Lipinski definition) is 1. The molecule has 2 nitrogen and oxygen atoms in total. The summed E-state index contributed by atoms with van der Waals surface area (Å²) in [5, 5.41) is 2.18. The normalized spacial score (nSPS) is 11.1. The summed E-state index contributed by atoms with van der Waals surface area (Å²) in [6, 6.07) is 3.34. The van der Waals surface area contributed by atoms with Crippen LogP contribution in [0.15, 0.2) is 18.2 Å². The molecule has 1 aromatic carbocycles. The van der Waals surface area contributed by atoms with Crippen LogP contribution in [-0.4, -0.2) is 6.41 Å². The van der Waals surface area contributed by atoms with E-state index in [1.165, 1.54) is 6.07 Å². The lowest BCUT2D eigenvalue weighted by Crippen LogP contribution is -2.06. The highest BCUT2D eigenvalue weighted by molar-refractivity contribution is 14.1. The first-order chi connectivity index (χ1) is 6.43. The van der Waals surface area contributed by atoms with Crippen molar-refractivity contribution in [2.75, 3.05) is 5.32 Å². The number of amides is 1. The summed E-state index contributed by atoms with van der Waals surface area (Å²) >= 11 is 1.75. The number of carbonyl (C=O) groups is 1. The predicted molar refractivity (Wildman–Crippen MR) is 53.8 cm³/mol. The third kappa shape index (κ3) is 2.86. The fraction of sp³-hybridized carbons (Fsp3) is 0.125. The molecule has 6 heteroatoms. The average Bonchev–Trinajstić information content (AvgIpc) is 2.02. The van der Waals surface area contributed by atoms with Crippen molar-refractivity contribution in [3.05, 3.63) is 27.3 Å². The maximum atomic E-state index is 12.3. The Morgan fingerprint density at radius 1 is 1.29 bits per heavy atom. The van der Waals surface area contributed by atoms with Crippen LogP contribution < -0.4 is 5.32 Å². The average molecular weight is 315 g/mol. The molecule has 0 heterocycles. The van der Waals surface area contributed by atoms with Crippen LogP contribution in [0.25, 0.3) is 0 Å². The van der Waals surface area contributed by atoms with Gasteiger partial charge in [0.25, 0.3) is 0 Å². The maximum absolute atomic E-state index is 12.3. The van der Waals surface area contributed by atoms with Crippen molar-refractivity contribution in [2.24, 2.45) is 0 Å². The molecule has 0 fully saturated rings. The first-order valence-corrected chi connectivity index (χ1v) is 4.59. The highest BCUT2D eigenvalue weighted by Crippen LogP contribution is 2.32. The second-order valence-corrected chi connectivity index (χ2v) is 3.73. The highest BCUT2D eigenvalue weighted by Gasteiger charge is 2.30. The molecule has 1 N–H and O–H groups in total. The Morgan fingerprint density at radius 2 is 1.93 bits per heavy atom. The molecule has 0 aliphatic heterocycles. The van der Waals surface area contributed by atoms with E-state index in [0.717, 1.165) is 12.1 Å². The minimum Gasteiger partial charge on any atom is -0.329 e. The fourth-order valence-corrected chi connectivity index (χ4v) is 1.58. The van der Waals surface area contributed by atoms with Crippen LogP contribution in [0.5, 0.6) is 0 Å². The molecule has 0 bridgehead atoms. The number of alkyl halides is 3. The lowest BCUT2D eigenvalue weighted by Gasteiger charge is -2.08. The molecule has 1 amide bonds. The number of nitrogens with one attached hydrogen (secondary N) is 1. The number of halogens is 4. The molecular weight excluding hydrogens is 310 g/mol.